The molecule has 1 aliphatic rings. The first-order valence-electron chi connectivity index (χ1n) is 6.88. The molecule has 0 bridgehead atoms. The van der Waals surface area contributed by atoms with Gasteiger partial charge in [0.2, 0.25) is 5.89 Å². The van der Waals surface area contributed by atoms with Gasteiger partial charge >= 0.3 is 0 Å². The molecule has 1 saturated heterocycles. The van der Waals surface area contributed by atoms with Crippen molar-refractivity contribution in [1.29, 1.82) is 0 Å². The summed E-state index contributed by atoms with van der Waals surface area (Å²) < 4.78 is 11.2. The Morgan fingerprint density at radius 2 is 2.10 bits per heavy atom. The SMILES string of the molecule is CC(C)(C)c1nc2ccc(Cl)c(SC3COC[C@@H]3O)c2o1. The number of nitrogens with zero attached hydrogens (tertiary/aromatic N) is 1. The molecule has 1 aromatic carbocycles. The third-order valence-electron chi connectivity index (χ3n) is 3.37. The first-order valence-corrected chi connectivity index (χ1v) is 8.14. The maximum Gasteiger partial charge on any atom is 0.200 e. The molecule has 1 fully saturated rings. The predicted octanol–water partition coefficient (Wildman–Crippen LogP) is 3.63. The summed E-state index contributed by atoms with van der Waals surface area (Å²) in [5, 5.41) is 10.5. The Morgan fingerprint density at radius 1 is 1.33 bits per heavy atom. The van der Waals surface area contributed by atoms with Crippen LogP contribution in [-0.2, 0) is 10.2 Å². The van der Waals surface area contributed by atoms with Crippen LogP contribution in [0, 0.1) is 0 Å². The van der Waals surface area contributed by atoms with E-state index < -0.39 is 6.10 Å². The normalized spacial score (nSPS) is 23.1. The molecular formula is C15H18ClNO3S. The summed E-state index contributed by atoms with van der Waals surface area (Å²) in [5.74, 6) is 0.685. The van der Waals surface area contributed by atoms with Gasteiger partial charge in [-0.3, -0.25) is 0 Å². The number of rotatable bonds is 2. The summed E-state index contributed by atoms with van der Waals surface area (Å²) in [6, 6.07) is 3.69. The molecule has 2 aromatic rings. The zero-order valence-corrected chi connectivity index (χ0v) is 13.8. The molecule has 0 spiro atoms. The van der Waals surface area contributed by atoms with E-state index in [-0.39, 0.29) is 10.7 Å². The van der Waals surface area contributed by atoms with Crippen molar-refractivity contribution in [3.05, 3.63) is 23.0 Å². The summed E-state index contributed by atoms with van der Waals surface area (Å²) in [5.41, 5.74) is 1.32. The number of halogens is 1. The Kier molecular flexibility index (Phi) is 3.94. The average molecular weight is 328 g/mol. The quantitative estimate of drug-likeness (QED) is 0.912. The molecule has 2 heterocycles. The van der Waals surface area contributed by atoms with Gasteiger partial charge in [0.1, 0.15) is 5.52 Å². The van der Waals surface area contributed by atoms with Gasteiger partial charge in [0.15, 0.2) is 5.58 Å². The van der Waals surface area contributed by atoms with E-state index in [1.54, 1.807) is 0 Å². The monoisotopic (exact) mass is 327 g/mol. The number of thioether (sulfide) groups is 1. The zero-order chi connectivity index (χ0) is 15.2. The van der Waals surface area contributed by atoms with Crippen LogP contribution in [0.15, 0.2) is 21.4 Å². The highest BCUT2D eigenvalue weighted by atomic mass is 35.5. The predicted molar refractivity (Wildman–Crippen MR) is 84.2 cm³/mol. The number of oxazole rings is 1. The minimum atomic E-state index is -0.480. The third kappa shape index (κ3) is 2.93. The van der Waals surface area contributed by atoms with E-state index in [9.17, 15) is 5.11 Å². The summed E-state index contributed by atoms with van der Waals surface area (Å²) in [4.78, 5) is 5.37. The molecule has 3 rings (SSSR count). The number of fused-ring (bicyclic) bond motifs is 1. The van der Waals surface area contributed by atoms with E-state index in [1.165, 1.54) is 11.8 Å². The molecular weight excluding hydrogens is 310 g/mol. The molecule has 6 heteroatoms. The van der Waals surface area contributed by atoms with Crippen molar-refractivity contribution in [3.63, 3.8) is 0 Å². The second-order valence-corrected chi connectivity index (χ2v) is 7.91. The molecule has 1 N–H and O–H groups in total. The summed E-state index contributed by atoms with van der Waals surface area (Å²) in [6.45, 7) is 7.05. The Hall–Kier alpha value is -0.750. The van der Waals surface area contributed by atoms with Crippen LogP contribution >= 0.6 is 23.4 Å². The van der Waals surface area contributed by atoms with Crippen LogP contribution < -0.4 is 0 Å². The molecule has 4 nitrogen and oxygen atoms in total. The molecule has 0 radical (unpaired) electrons. The third-order valence-corrected chi connectivity index (χ3v) is 5.20. The minimum absolute atomic E-state index is 0.0312. The van der Waals surface area contributed by atoms with Gasteiger partial charge in [0.25, 0.3) is 0 Å². The second-order valence-electron chi connectivity index (χ2n) is 6.25. The maximum absolute atomic E-state index is 9.91. The molecule has 0 saturated carbocycles. The lowest BCUT2D eigenvalue weighted by Crippen LogP contribution is -2.19. The number of ether oxygens (including phenoxy) is 1. The molecule has 1 unspecified atom stereocenters. The van der Waals surface area contributed by atoms with Crippen molar-refractivity contribution in [2.75, 3.05) is 13.2 Å². The largest absolute Gasteiger partial charge is 0.439 e. The van der Waals surface area contributed by atoms with Crippen molar-refractivity contribution < 1.29 is 14.3 Å². The van der Waals surface area contributed by atoms with Crippen LogP contribution in [0.3, 0.4) is 0 Å². The van der Waals surface area contributed by atoms with Gasteiger partial charge in [-0.1, -0.05) is 32.4 Å². The van der Waals surface area contributed by atoms with E-state index >= 15 is 0 Å². The van der Waals surface area contributed by atoms with Gasteiger partial charge in [0, 0.05) is 5.41 Å². The number of aliphatic hydroxyl groups is 1. The van der Waals surface area contributed by atoms with Crippen LogP contribution in [0.5, 0.6) is 0 Å². The highest BCUT2D eigenvalue weighted by Crippen LogP contribution is 2.40. The molecule has 1 aliphatic heterocycles. The average Bonchev–Trinajstić information content (AvgIpc) is 2.99. The van der Waals surface area contributed by atoms with Gasteiger partial charge in [0.05, 0.1) is 34.5 Å². The number of aliphatic hydroxyl groups excluding tert-OH is 1. The molecule has 0 amide bonds. The van der Waals surface area contributed by atoms with E-state index in [4.69, 9.17) is 20.8 Å². The summed E-state index contributed by atoms with van der Waals surface area (Å²) in [7, 11) is 0. The topological polar surface area (TPSA) is 55.5 Å². The van der Waals surface area contributed by atoms with Gasteiger partial charge in [-0.25, -0.2) is 4.98 Å². The minimum Gasteiger partial charge on any atom is -0.439 e. The Morgan fingerprint density at radius 3 is 2.71 bits per heavy atom. The van der Waals surface area contributed by atoms with E-state index in [0.717, 1.165) is 10.4 Å². The highest BCUT2D eigenvalue weighted by Gasteiger charge is 2.30. The van der Waals surface area contributed by atoms with E-state index in [1.807, 2.05) is 12.1 Å². The maximum atomic E-state index is 9.91. The second kappa shape index (κ2) is 5.47. The van der Waals surface area contributed by atoms with Crippen LogP contribution in [0.25, 0.3) is 11.1 Å². The molecule has 0 aliphatic carbocycles. The van der Waals surface area contributed by atoms with Crippen molar-refractivity contribution in [2.24, 2.45) is 0 Å². The van der Waals surface area contributed by atoms with Crippen LogP contribution in [0.1, 0.15) is 26.7 Å². The van der Waals surface area contributed by atoms with Crippen LogP contribution in [0.4, 0.5) is 0 Å². The lowest BCUT2D eigenvalue weighted by Gasteiger charge is -2.13. The lowest BCUT2D eigenvalue weighted by atomic mass is 9.97. The highest BCUT2D eigenvalue weighted by molar-refractivity contribution is 8.00. The Bertz CT molecular complexity index is 665. The first-order chi connectivity index (χ1) is 9.86. The molecule has 1 aromatic heterocycles. The Balaban J connectivity index is 2.03. The fraction of sp³-hybridized carbons (Fsp3) is 0.533. The number of hydrogen-bond acceptors (Lipinski definition) is 5. The van der Waals surface area contributed by atoms with Gasteiger partial charge in [-0.2, -0.15) is 0 Å². The first kappa shape index (κ1) is 15.2. The number of aromatic nitrogens is 1. The fourth-order valence-electron chi connectivity index (χ4n) is 2.16. The molecule has 21 heavy (non-hydrogen) atoms. The zero-order valence-electron chi connectivity index (χ0n) is 12.2. The van der Waals surface area contributed by atoms with Crippen molar-refractivity contribution >= 4 is 34.5 Å². The molecule has 2 atom stereocenters. The van der Waals surface area contributed by atoms with Crippen molar-refractivity contribution in [3.8, 4) is 0 Å². The van der Waals surface area contributed by atoms with Gasteiger partial charge in [-0.15, -0.1) is 11.8 Å². The summed E-state index contributed by atoms with van der Waals surface area (Å²) in [6.07, 6.45) is -0.480. The smallest absolute Gasteiger partial charge is 0.200 e. The summed E-state index contributed by atoms with van der Waals surface area (Å²) >= 11 is 7.82. The lowest BCUT2D eigenvalue weighted by molar-refractivity contribution is 0.127. The van der Waals surface area contributed by atoms with Crippen molar-refractivity contribution in [1.82, 2.24) is 4.98 Å². The van der Waals surface area contributed by atoms with Crippen molar-refractivity contribution in [2.45, 2.75) is 42.4 Å². The van der Waals surface area contributed by atoms with Crippen LogP contribution in [-0.4, -0.2) is 34.7 Å². The van der Waals surface area contributed by atoms with Gasteiger partial charge in [-0.05, 0) is 12.1 Å². The number of benzene rings is 1. The van der Waals surface area contributed by atoms with Gasteiger partial charge < -0.3 is 14.3 Å². The standard InChI is InChI=1S/C15H18ClNO3S/c1-15(2,3)14-17-9-5-4-8(16)13(12(9)20-14)21-11-7-19-6-10(11)18/h4-5,10-11,18H,6-7H2,1-3H3/t10-,11?/m0/s1. The van der Waals surface area contributed by atoms with E-state index in [2.05, 4.69) is 25.8 Å². The number of hydrogen-bond donors (Lipinski definition) is 1. The Labute approximate surface area is 132 Å². The molecule has 114 valence electrons. The van der Waals surface area contributed by atoms with Crippen LogP contribution in [0.2, 0.25) is 5.02 Å². The van der Waals surface area contributed by atoms with E-state index in [0.29, 0.717) is 29.7 Å². The fourth-order valence-corrected chi connectivity index (χ4v) is 3.58.